The molecule has 0 aromatic heterocycles. The molecule has 0 fully saturated rings. The summed E-state index contributed by atoms with van der Waals surface area (Å²) < 4.78 is 0. The van der Waals surface area contributed by atoms with E-state index < -0.39 is 0 Å². The highest BCUT2D eigenvalue weighted by atomic mass is 33.1. The highest BCUT2D eigenvalue weighted by Gasteiger charge is 2.00. The first-order valence-electron chi connectivity index (χ1n) is 3.18. The van der Waals surface area contributed by atoms with Crippen molar-refractivity contribution in [2.24, 2.45) is 0 Å². The van der Waals surface area contributed by atoms with Crippen molar-refractivity contribution in [3.05, 3.63) is 35.9 Å². The van der Waals surface area contributed by atoms with Crippen LogP contribution in [0.1, 0.15) is 17.7 Å². The van der Waals surface area contributed by atoms with E-state index in [1.54, 1.807) is 0 Å². The van der Waals surface area contributed by atoms with Crippen LogP contribution in [0.2, 0.25) is 0 Å². The van der Waals surface area contributed by atoms with Gasteiger partial charge >= 0.3 is 0 Å². The zero-order chi connectivity index (χ0) is 7.40. The summed E-state index contributed by atoms with van der Waals surface area (Å²) >= 11 is 4.87. The summed E-state index contributed by atoms with van der Waals surface area (Å²) in [5.41, 5.74) is 1.31. The van der Waals surface area contributed by atoms with Crippen molar-refractivity contribution in [3.63, 3.8) is 0 Å². The summed E-state index contributed by atoms with van der Waals surface area (Å²) in [4.78, 5) is 0. The highest BCUT2D eigenvalue weighted by molar-refractivity contribution is 8.68. The van der Waals surface area contributed by atoms with Gasteiger partial charge in [-0.3, -0.25) is 0 Å². The van der Waals surface area contributed by atoms with Crippen molar-refractivity contribution in [2.45, 2.75) is 12.2 Å². The van der Waals surface area contributed by atoms with E-state index in [0.717, 1.165) is 0 Å². The Balaban J connectivity index is 2.75. The molecule has 1 unspecified atom stereocenters. The maximum atomic E-state index is 4.87. The van der Waals surface area contributed by atoms with Crippen LogP contribution in [0.3, 0.4) is 0 Å². The molecular weight excluding hydrogens is 160 g/mol. The largest absolute Gasteiger partial charge is 0.0738 e. The summed E-state index contributed by atoms with van der Waals surface area (Å²) in [6.45, 7) is 2.12. The van der Waals surface area contributed by atoms with E-state index in [4.69, 9.17) is 11.7 Å². The van der Waals surface area contributed by atoms with Gasteiger partial charge in [0.25, 0.3) is 0 Å². The molecule has 1 aromatic rings. The average molecular weight is 169 g/mol. The van der Waals surface area contributed by atoms with Crippen LogP contribution in [0.4, 0.5) is 0 Å². The molecule has 1 rings (SSSR count). The summed E-state index contributed by atoms with van der Waals surface area (Å²) in [7, 11) is 1.46. The lowest BCUT2D eigenvalue weighted by Crippen LogP contribution is -1.82. The highest BCUT2D eigenvalue weighted by Crippen LogP contribution is 2.29. The van der Waals surface area contributed by atoms with Crippen LogP contribution in [0.5, 0.6) is 0 Å². The van der Waals surface area contributed by atoms with Crippen LogP contribution in [0, 0.1) is 0 Å². The fourth-order valence-electron chi connectivity index (χ4n) is 0.780. The predicted octanol–water partition coefficient (Wildman–Crippen LogP) is 3.59. The Labute approximate surface area is 70.8 Å². The van der Waals surface area contributed by atoms with Crippen molar-refractivity contribution >= 4 is 22.5 Å². The number of hydrogen-bond acceptors (Lipinski definition) is 1. The fraction of sp³-hybridized carbons (Fsp3) is 0.250. The third-order valence-corrected chi connectivity index (χ3v) is 2.84. The molecule has 0 N–H and O–H groups in total. The van der Waals surface area contributed by atoms with Gasteiger partial charge in [-0.1, -0.05) is 41.1 Å². The lowest BCUT2D eigenvalue weighted by Gasteiger charge is -2.04. The molecule has 1 aromatic carbocycles. The Hall–Kier alpha value is -0.0800. The monoisotopic (exact) mass is 169 g/mol. The van der Waals surface area contributed by atoms with Crippen LogP contribution in [-0.2, 0) is 0 Å². The van der Waals surface area contributed by atoms with Crippen LogP contribution < -0.4 is 0 Å². The zero-order valence-corrected chi connectivity index (χ0v) is 7.41. The van der Waals surface area contributed by atoms with Crippen LogP contribution in [0.15, 0.2) is 30.3 Å². The molecular formula is C8H9S2. The zero-order valence-electron chi connectivity index (χ0n) is 5.78. The van der Waals surface area contributed by atoms with E-state index in [1.807, 2.05) is 18.2 Å². The van der Waals surface area contributed by atoms with Gasteiger partial charge in [-0.25, -0.2) is 0 Å². The molecule has 0 spiro atoms. The summed E-state index contributed by atoms with van der Waals surface area (Å²) in [6.07, 6.45) is 0. The quantitative estimate of drug-likeness (QED) is 0.610. The first kappa shape index (κ1) is 8.02. The Bertz CT molecular complexity index is 184. The van der Waals surface area contributed by atoms with Gasteiger partial charge in [-0.05, 0) is 24.1 Å². The van der Waals surface area contributed by atoms with Crippen molar-refractivity contribution in [1.82, 2.24) is 0 Å². The van der Waals surface area contributed by atoms with E-state index in [2.05, 4.69) is 19.1 Å². The van der Waals surface area contributed by atoms with E-state index in [9.17, 15) is 0 Å². The summed E-state index contributed by atoms with van der Waals surface area (Å²) in [5.74, 6) is 0. The number of rotatable bonds is 2. The van der Waals surface area contributed by atoms with Crippen molar-refractivity contribution in [2.75, 3.05) is 0 Å². The molecule has 0 bridgehead atoms. The normalized spacial score (nSPS) is 13.0. The van der Waals surface area contributed by atoms with Gasteiger partial charge in [0.05, 0.1) is 0 Å². The fourth-order valence-corrected chi connectivity index (χ4v) is 1.38. The van der Waals surface area contributed by atoms with E-state index >= 15 is 0 Å². The molecule has 0 saturated heterocycles. The van der Waals surface area contributed by atoms with E-state index in [-0.39, 0.29) is 0 Å². The maximum Gasteiger partial charge on any atom is 0.0381 e. The molecule has 2 heteroatoms. The summed E-state index contributed by atoms with van der Waals surface area (Å²) in [6, 6.07) is 10.3. The molecule has 1 radical (unpaired) electrons. The minimum Gasteiger partial charge on any atom is -0.0738 e. The Morgan fingerprint density at radius 2 is 1.90 bits per heavy atom. The van der Waals surface area contributed by atoms with Crippen LogP contribution in [-0.4, -0.2) is 0 Å². The van der Waals surface area contributed by atoms with Crippen molar-refractivity contribution < 1.29 is 0 Å². The Morgan fingerprint density at radius 1 is 1.30 bits per heavy atom. The standard InChI is InChI=1S/C8H9S2/c1-7(10-9)8-5-3-2-4-6-8/h2-7H,1H3. The van der Waals surface area contributed by atoms with Crippen LogP contribution in [0.25, 0.3) is 0 Å². The molecule has 1 atom stereocenters. The maximum absolute atomic E-state index is 4.87. The van der Waals surface area contributed by atoms with Gasteiger partial charge in [0.15, 0.2) is 0 Å². The minimum absolute atomic E-state index is 0.441. The van der Waals surface area contributed by atoms with E-state index in [1.165, 1.54) is 16.4 Å². The second kappa shape index (κ2) is 3.94. The van der Waals surface area contributed by atoms with Gasteiger partial charge in [-0.15, -0.1) is 0 Å². The summed E-state index contributed by atoms with van der Waals surface area (Å²) in [5, 5.41) is 0.441. The molecule has 0 heterocycles. The molecule has 0 aliphatic carbocycles. The smallest absolute Gasteiger partial charge is 0.0381 e. The van der Waals surface area contributed by atoms with Gasteiger partial charge in [0, 0.05) is 5.25 Å². The molecule has 0 aliphatic rings. The predicted molar refractivity (Wildman–Crippen MR) is 50.0 cm³/mol. The average Bonchev–Trinajstić information content (AvgIpc) is 2.05. The van der Waals surface area contributed by atoms with Gasteiger partial charge in [0.2, 0.25) is 0 Å². The second-order valence-electron chi connectivity index (χ2n) is 2.15. The lowest BCUT2D eigenvalue weighted by atomic mass is 10.2. The second-order valence-corrected chi connectivity index (χ2v) is 3.63. The van der Waals surface area contributed by atoms with Gasteiger partial charge < -0.3 is 0 Å². The third kappa shape index (κ3) is 1.96. The molecule has 10 heavy (non-hydrogen) atoms. The third-order valence-electron chi connectivity index (χ3n) is 1.41. The Morgan fingerprint density at radius 3 is 2.40 bits per heavy atom. The topological polar surface area (TPSA) is 0 Å². The number of hydrogen-bond donors (Lipinski definition) is 0. The first-order chi connectivity index (χ1) is 4.84. The van der Waals surface area contributed by atoms with E-state index in [0.29, 0.717) is 5.25 Å². The molecule has 0 amide bonds. The van der Waals surface area contributed by atoms with Crippen LogP contribution >= 0.6 is 22.5 Å². The molecule has 53 valence electrons. The first-order valence-corrected chi connectivity index (χ1v) is 4.98. The van der Waals surface area contributed by atoms with Crippen molar-refractivity contribution in [3.8, 4) is 0 Å². The molecule has 0 aliphatic heterocycles. The molecule has 0 saturated carbocycles. The van der Waals surface area contributed by atoms with Gasteiger partial charge in [-0.2, -0.15) is 0 Å². The molecule has 0 nitrogen and oxygen atoms in total. The number of benzene rings is 1. The van der Waals surface area contributed by atoms with Crippen molar-refractivity contribution in [1.29, 1.82) is 0 Å². The SMILES string of the molecule is CC(S[S])c1ccccc1. The lowest BCUT2D eigenvalue weighted by molar-refractivity contribution is 1.11. The Kier molecular flexibility index (Phi) is 3.16. The van der Waals surface area contributed by atoms with Gasteiger partial charge in [0.1, 0.15) is 0 Å². The minimum atomic E-state index is 0.441.